The van der Waals surface area contributed by atoms with Crippen molar-refractivity contribution >= 4 is 13.8 Å². The fraction of sp³-hybridized carbons (Fsp3) is 0.978. The highest BCUT2D eigenvalue weighted by Crippen LogP contribution is 2.43. The molecule has 9 heteroatoms. The largest absolute Gasteiger partial charge is 0.472 e. The molecule has 0 aromatic carbocycles. The predicted octanol–water partition coefficient (Wildman–Crippen LogP) is 13.7. The van der Waals surface area contributed by atoms with E-state index in [0.29, 0.717) is 24.1 Å². The molecule has 54 heavy (non-hydrogen) atoms. The Kier molecular flexibility index (Phi) is 39.0. The van der Waals surface area contributed by atoms with Gasteiger partial charge in [-0.2, -0.15) is 0 Å². The first kappa shape index (κ1) is 53.5. The van der Waals surface area contributed by atoms with Crippen molar-refractivity contribution in [1.29, 1.82) is 0 Å². The van der Waals surface area contributed by atoms with Crippen molar-refractivity contribution in [3.05, 3.63) is 0 Å². The number of phosphoric ester groups is 1. The summed E-state index contributed by atoms with van der Waals surface area (Å²) in [7, 11) is 1.69. The Labute approximate surface area is 336 Å². The molecule has 0 rings (SSSR count). The third-order valence-electron chi connectivity index (χ3n) is 10.4. The van der Waals surface area contributed by atoms with E-state index >= 15 is 0 Å². The van der Waals surface area contributed by atoms with Crippen molar-refractivity contribution in [2.45, 2.75) is 232 Å². The minimum atomic E-state index is -4.27. The molecule has 324 valence electrons. The Morgan fingerprint density at radius 3 is 1.22 bits per heavy atom. The minimum absolute atomic E-state index is 0.0940. The highest BCUT2D eigenvalue weighted by atomic mass is 31.2. The molecule has 0 saturated carbocycles. The van der Waals surface area contributed by atoms with Crippen LogP contribution in [0.1, 0.15) is 226 Å². The van der Waals surface area contributed by atoms with Gasteiger partial charge in [0.1, 0.15) is 19.3 Å². The highest BCUT2D eigenvalue weighted by molar-refractivity contribution is 7.47. The molecule has 0 aliphatic carbocycles. The zero-order chi connectivity index (χ0) is 39.9. The third-order valence-corrected chi connectivity index (χ3v) is 11.4. The number of carbonyl (C=O) groups excluding carboxylic acids is 1. The lowest BCUT2D eigenvalue weighted by molar-refractivity contribution is -0.870. The number of rotatable bonds is 44. The Morgan fingerprint density at radius 1 is 0.500 bits per heavy atom. The second-order valence-corrected chi connectivity index (χ2v) is 18.6. The summed E-state index contributed by atoms with van der Waals surface area (Å²) in [6, 6.07) is 0. The summed E-state index contributed by atoms with van der Waals surface area (Å²) in [4.78, 5) is 22.9. The van der Waals surface area contributed by atoms with E-state index in [9.17, 15) is 14.3 Å². The molecule has 0 spiro atoms. The smallest absolute Gasteiger partial charge is 0.457 e. The van der Waals surface area contributed by atoms with Crippen LogP contribution < -0.4 is 0 Å². The van der Waals surface area contributed by atoms with Gasteiger partial charge in [-0.15, -0.1) is 0 Å². The number of ether oxygens (including phenoxy) is 2. The SMILES string of the molecule is CCCCCCCCCCCCCCCCCCOC[C@H](COP(=O)(O)OCC[N+](C)(C)C)OC(=O)CCCCCCCCCCCCCCCCCC. The molecule has 0 aliphatic rings. The first-order chi connectivity index (χ1) is 26.1. The normalized spacial score (nSPS) is 13.7. The molecule has 0 fully saturated rings. The van der Waals surface area contributed by atoms with E-state index in [0.717, 1.165) is 32.1 Å². The van der Waals surface area contributed by atoms with Crippen molar-refractivity contribution in [2.75, 3.05) is 54.1 Å². The van der Waals surface area contributed by atoms with Crippen LogP contribution >= 0.6 is 7.82 Å². The molecule has 0 bridgehead atoms. The number of unbranched alkanes of at least 4 members (excludes halogenated alkanes) is 30. The van der Waals surface area contributed by atoms with Crippen LogP contribution in [-0.2, 0) is 27.9 Å². The topological polar surface area (TPSA) is 91.3 Å². The maximum Gasteiger partial charge on any atom is 0.472 e. The molecule has 2 atom stereocenters. The number of phosphoric acid groups is 1. The van der Waals surface area contributed by atoms with Gasteiger partial charge in [0.05, 0.1) is 34.4 Å². The summed E-state index contributed by atoms with van der Waals surface area (Å²) in [5, 5.41) is 0. The van der Waals surface area contributed by atoms with Gasteiger partial charge in [0.15, 0.2) is 0 Å². The van der Waals surface area contributed by atoms with Crippen molar-refractivity contribution < 1.29 is 37.3 Å². The lowest BCUT2D eigenvalue weighted by atomic mass is 10.0. The lowest BCUT2D eigenvalue weighted by Gasteiger charge is -2.24. The fourth-order valence-electron chi connectivity index (χ4n) is 6.79. The summed E-state index contributed by atoms with van der Waals surface area (Å²) in [5.74, 6) is -0.307. The lowest BCUT2D eigenvalue weighted by Crippen LogP contribution is -2.37. The van der Waals surface area contributed by atoms with Crippen LogP contribution in [0.15, 0.2) is 0 Å². The van der Waals surface area contributed by atoms with Crippen LogP contribution in [0.3, 0.4) is 0 Å². The summed E-state index contributed by atoms with van der Waals surface area (Å²) in [5.41, 5.74) is 0. The molecule has 0 radical (unpaired) electrons. The maximum absolute atomic E-state index is 12.7. The quantitative estimate of drug-likeness (QED) is 0.0284. The standard InChI is InChI=1S/C45H92NO7P/c1-6-8-10-12-14-16-18-20-22-24-26-28-30-32-34-36-38-45(47)53-44(43-52-54(48,49)51-41-39-46(3,4)5)42-50-40-37-35-33-31-29-27-25-23-21-19-17-15-13-11-9-7-2/h44H,6-43H2,1-5H3/p+1/t44-/m1/s1. The van der Waals surface area contributed by atoms with E-state index in [2.05, 4.69) is 13.8 Å². The molecule has 1 unspecified atom stereocenters. The summed E-state index contributed by atoms with van der Waals surface area (Å²) in [6.07, 6.45) is 41.3. The molecule has 8 nitrogen and oxygen atoms in total. The van der Waals surface area contributed by atoms with Gasteiger partial charge in [0.25, 0.3) is 0 Å². The molecule has 0 heterocycles. The Hall–Kier alpha value is -0.500. The average Bonchev–Trinajstić information content (AvgIpc) is 3.12. The van der Waals surface area contributed by atoms with Gasteiger partial charge in [-0.25, -0.2) is 4.57 Å². The molecule has 0 aromatic rings. The zero-order valence-corrected chi connectivity index (χ0v) is 37.6. The van der Waals surface area contributed by atoms with Crippen molar-refractivity contribution in [3.63, 3.8) is 0 Å². The number of esters is 1. The summed E-state index contributed by atoms with van der Waals surface area (Å²) in [6.45, 7) is 5.69. The second kappa shape index (κ2) is 39.3. The van der Waals surface area contributed by atoms with Crippen LogP contribution in [0.25, 0.3) is 0 Å². The van der Waals surface area contributed by atoms with Crippen molar-refractivity contribution in [1.82, 2.24) is 0 Å². The van der Waals surface area contributed by atoms with Gasteiger partial charge in [0, 0.05) is 13.0 Å². The van der Waals surface area contributed by atoms with E-state index in [1.807, 2.05) is 21.1 Å². The monoisotopic (exact) mass is 791 g/mol. The molecular weight excluding hydrogens is 697 g/mol. The van der Waals surface area contributed by atoms with Gasteiger partial charge < -0.3 is 18.9 Å². The minimum Gasteiger partial charge on any atom is -0.457 e. The van der Waals surface area contributed by atoms with Crippen molar-refractivity contribution in [2.24, 2.45) is 0 Å². The molecule has 0 saturated heterocycles. The summed E-state index contributed by atoms with van der Waals surface area (Å²) >= 11 is 0. The van der Waals surface area contributed by atoms with E-state index in [1.54, 1.807) is 0 Å². The molecule has 0 amide bonds. The number of quaternary nitrogens is 1. The fourth-order valence-corrected chi connectivity index (χ4v) is 7.53. The molecule has 0 aromatic heterocycles. The van der Waals surface area contributed by atoms with Crippen molar-refractivity contribution in [3.8, 4) is 0 Å². The van der Waals surface area contributed by atoms with Gasteiger partial charge in [-0.1, -0.05) is 206 Å². The van der Waals surface area contributed by atoms with E-state index in [1.165, 1.54) is 173 Å². The first-order valence-corrected chi connectivity index (χ1v) is 24.8. The van der Waals surface area contributed by atoms with Crippen LogP contribution in [0.2, 0.25) is 0 Å². The number of nitrogens with zero attached hydrogens (tertiary/aromatic N) is 1. The summed E-state index contributed by atoms with van der Waals surface area (Å²) < 4.78 is 35.1. The Bertz CT molecular complexity index is 837. The third kappa shape index (κ3) is 42.6. The van der Waals surface area contributed by atoms with Crippen LogP contribution in [0, 0.1) is 0 Å². The van der Waals surface area contributed by atoms with Gasteiger partial charge in [0.2, 0.25) is 0 Å². The Balaban J connectivity index is 4.15. The molecular formula is C45H93NO7P+. The molecule has 0 aliphatic heterocycles. The van der Waals surface area contributed by atoms with E-state index in [-0.39, 0.29) is 25.8 Å². The molecule has 1 N–H and O–H groups in total. The van der Waals surface area contributed by atoms with Gasteiger partial charge >= 0.3 is 13.8 Å². The second-order valence-electron chi connectivity index (χ2n) is 17.2. The average molecular weight is 791 g/mol. The van der Waals surface area contributed by atoms with E-state index in [4.69, 9.17) is 18.5 Å². The maximum atomic E-state index is 12.7. The zero-order valence-electron chi connectivity index (χ0n) is 36.7. The van der Waals surface area contributed by atoms with Crippen LogP contribution in [0.5, 0.6) is 0 Å². The van der Waals surface area contributed by atoms with Gasteiger partial charge in [-0.3, -0.25) is 13.8 Å². The number of carbonyl (C=O) groups is 1. The Morgan fingerprint density at radius 2 is 0.852 bits per heavy atom. The number of hydrogen-bond acceptors (Lipinski definition) is 6. The first-order valence-electron chi connectivity index (χ1n) is 23.3. The van der Waals surface area contributed by atoms with Crippen LogP contribution in [0.4, 0.5) is 0 Å². The number of hydrogen-bond donors (Lipinski definition) is 1. The van der Waals surface area contributed by atoms with E-state index < -0.39 is 13.9 Å². The van der Waals surface area contributed by atoms with Gasteiger partial charge in [-0.05, 0) is 12.8 Å². The highest BCUT2D eigenvalue weighted by Gasteiger charge is 2.26. The predicted molar refractivity (Wildman–Crippen MR) is 229 cm³/mol. The van der Waals surface area contributed by atoms with Crippen LogP contribution in [-0.4, -0.2) is 75.6 Å². The number of likely N-dealkylation sites (N-methyl/N-ethyl adjacent to an activating group) is 1.